The molecule has 6 heteroatoms. The molecule has 0 aromatic carbocycles. The number of carbonyl (C=O) groups is 3. The third kappa shape index (κ3) is 55.2. The highest BCUT2D eigenvalue weighted by molar-refractivity contribution is 5.71. The molecule has 0 fully saturated rings. The van der Waals surface area contributed by atoms with Crippen molar-refractivity contribution in [3.8, 4) is 0 Å². The third-order valence-electron chi connectivity index (χ3n) is 14.0. The van der Waals surface area contributed by atoms with Gasteiger partial charge in [-0.2, -0.15) is 0 Å². The molecule has 0 aliphatic heterocycles. The molecule has 0 spiro atoms. The van der Waals surface area contributed by atoms with Gasteiger partial charge in [-0.3, -0.25) is 14.4 Å². The Hall–Kier alpha value is -1.59. The second-order valence-corrected chi connectivity index (χ2v) is 21.9. The van der Waals surface area contributed by atoms with Gasteiger partial charge in [0.25, 0.3) is 0 Å². The monoisotopic (exact) mass is 947 g/mol. The van der Waals surface area contributed by atoms with E-state index in [0.29, 0.717) is 19.3 Å². The van der Waals surface area contributed by atoms with Crippen molar-refractivity contribution in [2.45, 2.75) is 349 Å². The van der Waals surface area contributed by atoms with Gasteiger partial charge in [-0.1, -0.05) is 304 Å². The van der Waals surface area contributed by atoms with Crippen LogP contribution in [0.5, 0.6) is 0 Å². The van der Waals surface area contributed by atoms with E-state index in [-0.39, 0.29) is 31.1 Å². The van der Waals surface area contributed by atoms with Gasteiger partial charge in [0.15, 0.2) is 6.10 Å². The molecule has 0 rings (SSSR count). The zero-order valence-corrected chi connectivity index (χ0v) is 46.0. The summed E-state index contributed by atoms with van der Waals surface area (Å²) in [6, 6.07) is 0. The largest absolute Gasteiger partial charge is 0.462 e. The lowest BCUT2D eigenvalue weighted by molar-refractivity contribution is -0.167. The Labute approximate surface area is 418 Å². The van der Waals surface area contributed by atoms with Crippen molar-refractivity contribution in [2.24, 2.45) is 11.8 Å². The number of hydrogen-bond acceptors (Lipinski definition) is 6. The number of rotatable bonds is 55. The van der Waals surface area contributed by atoms with Crippen LogP contribution < -0.4 is 0 Å². The molecule has 0 aliphatic rings. The lowest BCUT2D eigenvalue weighted by atomic mass is 10.0. The van der Waals surface area contributed by atoms with Crippen LogP contribution in [0.15, 0.2) is 0 Å². The molecule has 0 radical (unpaired) electrons. The standard InChI is InChI=1S/C61H118O6/c1-6-7-8-9-10-11-12-26-31-36-41-46-51-59(62)65-54-58(55-66-60(63)52-47-42-37-32-27-23-19-21-25-30-35-40-45-50-57(4)5)67-61(64)53-48-43-38-33-28-22-18-16-14-13-15-17-20-24-29-34-39-44-49-56(2)3/h56-58H,6-55H2,1-5H3/t58-/m0/s1. The molecule has 0 unspecified atom stereocenters. The van der Waals surface area contributed by atoms with Crippen molar-refractivity contribution in [3.05, 3.63) is 0 Å². The van der Waals surface area contributed by atoms with E-state index < -0.39 is 6.10 Å². The number of ether oxygens (including phenoxy) is 3. The smallest absolute Gasteiger partial charge is 0.306 e. The van der Waals surface area contributed by atoms with Crippen molar-refractivity contribution < 1.29 is 28.6 Å². The number of esters is 3. The van der Waals surface area contributed by atoms with Gasteiger partial charge in [0.05, 0.1) is 0 Å². The summed E-state index contributed by atoms with van der Waals surface area (Å²) in [5.41, 5.74) is 0. The molecule has 0 heterocycles. The van der Waals surface area contributed by atoms with Gasteiger partial charge < -0.3 is 14.2 Å². The van der Waals surface area contributed by atoms with Crippen LogP contribution in [0.4, 0.5) is 0 Å². The van der Waals surface area contributed by atoms with E-state index in [2.05, 4.69) is 34.6 Å². The molecule has 6 nitrogen and oxygen atoms in total. The molecule has 0 N–H and O–H groups in total. The van der Waals surface area contributed by atoms with E-state index >= 15 is 0 Å². The first-order valence-electron chi connectivity index (χ1n) is 30.2. The Morgan fingerprint density at radius 3 is 0.731 bits per heavy atom. The summed E-state index contributed by atoms with van der Waals surface area (Å²) in [6.07, 6.45) is 58.1. The van der Waals surface area contributed by atoms with E-state index in [1.165, 1.54) is 231 Å². The highest BCUT2D eigenvalue weighted by Crippen LogP contribution is 2.19. The molecule has 0 aliphatic carbocycles. The van der Waals surface area contributed by atoms with Crippen LogP contribution in [0.1, 0.15) is 343 Å². The number of unbranched alkanes of at least 4 members (excludes halogenated alkanes) is 40. The summed E-state index contributed by atoms with van der Waals surface area (Å²) in [4.78, 5) is 38.2. The number of hydrogen-bond donors (Lipinski definition) is 0. The molecule has 0 bridgehead atoms. The van der Waals surface area contributed by atoms with Crippen LogP contribution in [0.2, 0.25) is 0 Å². The van der Waals surface area contributed by atoms with E-state index in [0.717, 1.165) is 69.6 Å². The molecular formula is C61H118O6. The van der Waals surface area contributed by atoms with Crippen LogP contribution in [0.25, 0.3) is 0 Å². The van der Waals surface area contributed by atoms with E-state index in [1.54, 1.807) is 0 Å². The molecule has 0 amide bonds. The summed E-state index contributed by atoms with van der Waals surface area (Å²) in [7, 11) is 0. The van der Waals surface area contributed by atoms with Gasteiger partial charge in [0.1, 0.15) is 13.2 Å². The lowest BCUT2D eigenvalue weighted by Gasteiger charge is -2.18. The third-order valence-corrected chi connectivity index (χ3v) is 14.0. The van der Waals surface area contributed by atoms with Gasteiger partial charge in [0, 0.05) is 19.3 Å². The van der Waals surface area contributed by atoms with Gasteiger partial charge in [0.2, 0.25) is 0 Å². The predicted molar refractivity (Wildman–Crippen MR) is 289 cm³/mol. The first-order valence-corrected chi connectivity index (χ1v) is 30.2. The van der Waals surface area contributed by atoms with Crippen LogP contribution in [-0.4, -0.2) is 37.2 Å². The minimum Gasteiger partial charge on any atom is -0.462 e. The van der Waals surface area contributed by atoms with Crippen molar-refractivity contribution in [1.82, 2.24) is 0 Å². The Kier molecular flexibility index (Phi) is 52.5. The van der Waals surface area contributed by atoms with Crippen molar-refractivity contribution in [2.75, 3.05) is 13.2 Å². The van der Waals surface area contributed by atoms with Crippen LogP contribution in [0, 0.1) is 11.8 Å². The quantitative estimate of drug-likeness (QED) is 0.0343. The maximum Gasteiger partial charge on any atom is 0.306 e. The fraction of sp³-hybridized carbons (Fsp3) is 0.951. The fourth-order valence-corrected chi connectivity index (χ4v) is 9.40. The van der Waals surface area contributed by atoms with E-state index in [9.17, 15) is 14.4 Å². The normalized spacial score (nSPS) is 12.0. The molecule has 0 aromatic heterocycles. The van der Waals surface area contributed by atoms with Gasteiger partial charge >= 0.3 is 17.9 Å². The van der Waals surface area contributed by atoms with Gasteiger partial charge in [-0.05, 0) is 31.1 Å². The minimum atomic E-state index is -0.762. The maximum atomic E-state index is 12.9. The fourth-order valence-electron chi connectivity index (χ4n) is 9.40. The van der Waals surface area contributed by atoms with E-state index in [1.807, 2.05) is 0 Å². The van der Waals surface area contributed by atoms with Crippen molar-refractivity contribution >= 4 is 17.9 Å². The predicted octanol–water partition coefficient (Wildman–Crippen LogP) is 20.0. The molecule has 0 saturated heterocycles. The molecule has 0 aromatic rings. The topological polar surface area (TPSA) is 78.9 Å². The summed E-state index contributed by atoms with van der Waals surface area (Å²) in [5, 5.41) is 0. The average molecular weight is 948 g/mol. The molecular weight excluding hydrogens is 829 g/mol. The summed E-state index contributed by atoms with van der Waals surface area (Å²) >= 11 is 0. The molecule has 398 valence electrons. The second-order valence-electron chi connectivity index (χ2n) is 21.9. The van der Waals surface area contributed by atoms with Crippen molar-refractivity contribution in [1.29, 1.82) is 0 Å². The van der Waals surface area contributed by atoms with Gasteiger partial charge in [-0.25, -0.2) is 0 Å². The summed E-state index contributed by atoms with van der Waals surface area (Å²) < 4.78 is 16.9. The zero-order chi connectivity index (χ0) is 48.9. The van der Waals surface area contributed by atoms with Crippen molar-refractivity contribution in [3.63, 3.8) is 0 Å². The Bertz CT molecular complexity index is 1020. The Morgan fingerprint density at radius 2 is 0.493 bits per heavy atom. The SMILES string of the molecule is CCCCCCCCCCCCCCC(=O)OC[C@@H](COC(=O)CCCCCCCCCCCCCCCC(C)C)OC(=O)CCCCCCCCCCCCCCCCCCCCC(C)C. The van der Waals surface area contributed by atoms with Crippen LogP contribution in [0.3, 0.4) is 0 Å². The lowest BCUT2D eigenvalue weighted by Crippen LogP contribution is -2.30. The minimum absolute atomic E-state index is 0.0623. The number of carbonyl (C=O) groups excluding carboxylic acids is 3. The highest BCUT2D eigenvalue weighted by Gasteiger charge is 2.19. The van der Waals surface area contributed by atoms with E-state index in [4.69, 9.17) is 14.2 Å². The first-order chi connectivity index (χ1) is 32.7. The Balaban J connectivity index is 4.25. The second kappa shape index (κ2) is 53.8. The molecule has 1 atom stereocenters. The summed E-state index contributed by atoms with van der Waals surface area (Å²) in [6.45, 7) is 11.4. The molecule has 0 saturated carbocycles. The zero-order valence-electron chi connectivity index (χ0n) is 46.0. The van der Waals surface area contributed by atoms with Crippen LogP contribution >= 0.6 is 0 Å². The Morgan fingerprint density at radius 1 is 0.284 bits per heavy atom. The highest BCUT2D eigenvalue weighted by atomic mass is 16.6. The summed E-state index contributed by atoms with van der Waals surface area (Å²) in [5.74, 6) is 0.862. The molecule has 67 heavy (non-hydrogen) atoms. The first kappa shape index (κ1) is 65.4. The maximum absolute atomic E-state index is 12.9. The van der Waals surface area contributed by atoms with Crippen LogP contribution in [-0.2, 0) is 28.6 Å². The van der Waals surface area contributed by atoms with Gasteiger partial charge in [-0.15, -0.1) is 0 Å². The average Bonchev–Trinajstić information content (AvgIpc) is 3.30.